The molecule has 20 heavy (non-hydrogen) atoms. The number of hydrogen-bond donors (Lipinski definition) is 1. The molecule has 0 saturated heterocycles. The molecule has 0 unspecified atom stereocenters. The number of nitrogens with one attached hydrogen (secondary N) is 1. The maximum absolute atomic E-state index is 11.9. The van der Waals surface area contributed by atoms with Crippen LogP contribution >= 0.6 is 11.6 Å². The highest BCUT2D eigenvalue weighted by molar-refractivity contribution is 6.32. The van der Waals surface area contributed by atoms with Crippen molar-refractivity contribution in [1.82, 2.24) is 5.32 Å². The van der Waals surface area contributed by atoms with Crippen molar-refractivity contribution in [2.24, 2.45) is 0 Å². The number of fused-ring (bicyclic) bond motifs is 1. The van der Waals surface area contributed by atoms with Gasteiger partial charge in [0.15, 0.2) is 11.5 Å². The summed E-state index contributed by atoms with van der Waals surface area (Å²) in [4.78, 5) is 11.9. The average molecular weight is 298 g/mol. The first-order chi connectivity index (χ1) is 9.35. The van der Waals surface area contributed by atoms with Gasteiger partial charge in [0.2, 0.25) is 5.91 Å². The van der Waals surface area contributed by atoms with Gasteiger partial charge in [-0.2, -0.15) is 0 Å². The number of carbonyl (C=O) groups excluding carboxylic acids is 1. The molecule has 0 saturated carbocycles. The van der Waals surface area contributed by atoms with Crippen LogP contribution in [0.25, 0.3) is 0 Å². The van der Waals surface area contributed by atoms with Crippen molar-refractivity contribution in [2.75, 3.05) is 13.2 Å². The molecule has 0 spiro atoms. The fourth-order valence-electron chi connectivity index (χ4n) is 2.03. The van der Waals surface area contributed by atoms with Gasteiger partial charge in [-0.25, -0.2) is 0 Å². The van der Waals surface area contributed by atoms with Crippen molar-refractivity contribution in [1.29, 1.82) is 0 Å². The second-order valence-electron chi connectivity index (χ2n) is 5.93. The van der Waals surface area contributed by atoms with E-state index < -0.39 is 0 Å². The van der Waals surface area contributed by atoms with E-state index in [0.29, 0.717) is 29.7 Å². The van der Waals surface area contributed by atoms with Gasteiger partial charge >= 0.3 is 0 Å². The minimum absolute atomic E-state index is 0.0388. The number of amides is 1. The molecule has 1 aromatic carbocycles. The van der Waals surface area contributed by atoms with Crippen LogP contribution in [0.3, 0.4) is 0 Å². The van der Waals surface area contributed by atoms with Gasteiger partial charge in [-0.3, -0.25) is 4.79 Å². The van der Waals surface area contributed by atoms with Crippen molar-refractivity contribution >= 4 is 17.5 Å². The molecule has 2 rings (SSSR count). The summed E-state index contributed by atoms with van der Waals surface area (Å²) in [5, 5.41) is 3.41. The molecule has 1 heterocycles. The molecular weight excluding hydrogens is 278 g/mol. The standard InChI is InChI=1S/C15H20ClNO3/c1-15(2,3)17-13(18)9-10-7-11(16)14-12(8-10)19-5-4-6-20-14/h7-8H,4-6,9H2,1-3H3,(H,17,18). The smallest absolute Gasteiger partial charge is 0.224 e. The Kier molecular flexibility index (Phi) is 4.43. The quantitative estimate of drug-likeness (QED) is 0.913. The highest BCUT2D eigenvalue weighted by Crippen LogP contribution is 2.38. The predicted molar refractivity (Wildman–Crippen MR) is 78.7 cm³/mol. The van der Waals surface area contributed by atoms with Gasteiger partial charge in [-0.05, 0) is 38.5 Å². The normalized spacial score (nSPS) is 14.6. The number of rotatable bonds is 2. The third-order valence-corrected chi connectivity index (χ3v) is 3.02. The van der Waals surface area contributed by atoms with E-state index in [1.807, 2.05) is 26.8 Å². The fourth-order valence-corrected chi connectivity index (χ4v) is 2.32. The van der Waals surface area contributed by atoms with Gasteiger partial charge < -0.3 is 14.8 Å². The van der Waals surface area contributed by atoms with Crippen LogP contribution < -0.4 is 14.8 Å². The van der Waals surface area contributed by atoms with E-state index in [-0.39, 0.29) is 17.9 Å². The van der Waals surface area contributed by atoms with Gasteiger partial charge in [-0.15, -0.1) is 0 Å². The van der Waals surface area contributed by atoms with E-state index in [9.17, 15) is 4.79 Å². The van der Waals surface area contributed by atoms with Gasteiger partial charge in [0.05, 0.1) is 24.7 Å². The van der Waals surface area contributed by atoms with E-state index >= 15 is 0 Å². The third kappa shape index (κ3) is 4.04. The second-order valence-corrected chi connectivity index (χ2v) is 6.34. The zero-order valence-corrected chi connectivity index (χ0v) is 12.8. The zero-order chi connectivity index (χ0) is 14.8. The van der Waals surface area contributed by atoms with Gasteiger partial charge in [-0.1, -0.05) is 11.6 Å². The highest BCUT2D eigenvalue weighted by atomic mass is 35.5. The van der Waals surface area contributed by atoms with Gasteiger partial charge in [0, 0.05) is 12.0 Å². The predicted octanol–water partition coefficient (Wildman–Crippen LogP) is 2.96. The monoisotopic (exact) mass is 297 g/mol. The first-order valence-electron chi connectivity index (χ1n) is 6.74. The van der Waals surface area contributed by atoms with Crippen LogP contribution in [0, 0.1) is 0 Å². The van der Waals surface area contributed by atoms with Gasteiger partial charge in [0.1, 0.15) is 0 Å². The van der Waals surface area contributed by atoms with Crippen LogP contribution in [0.4, 0.5) is 0 Å². The van der Waals surface area contributed by atoms with Crippen LogP contribution in [-0.4, -0.2) is 24.7 Å². The molecular formula is C15H20ClNO3. The zero-order valence-electron chi connectivity index (χ0n) is 12.1. The Hall–Kier alpha value is -1.42. The Morgan fingerprint density at radius 3 is 2.70 bits per heavy atom. The second kappa shape index (κ2) is 5.92. The molecule has 0 atom stereocenters. The summed E-state index contributed by atoms with van der Waals surface area (Å²) < 4.78 is 11.2. The minimum Gasteiger partial charge on any atom is -0.489 e. The maximum Gasteiger partial charge on any atom is 0.224 e. The number of carbonyl (C=O) groups is 1. The molecule has 0 aliphatic carbocycles. The molecule has 5 heteroatoms. The molecule has 1 aliphatic heterocycles. The van der Waals surface area contributed by atoms with E-state index in [0.717, 1.165) is 12.0 Å². The van der Waals surface area contributed by atoms with Crippen LogP contribution in [0.15, 0.2) is 12.1 Å². The summed E-state index contributed by atoms with van der Waals surface area (Å²) in [6.07, 6.45) is 1.10. The molecule has 0 radical (unpaired) electrons. The molecule has 0 fully saturated rings. The lowest BCUT2D eigenvalue weighted by molar-refractivity contribution is -0.121. The summed E-state index contributed by atoms with van der Waals surface area (Å²) in [6, 6.07) is 3.59. The molecule has 1 aliphatic rings. The lowest BCUT2D eigenvalue weighted by atomic mass is 10.1. The van der Waals surface area contributed by atoms with Crippen molar-refractivity contribution < 1.29 is 14.3 Å². The summed E-state index contributed by atoms with van der Waals surface area (Å²) in [5.41, 5.74) is 0.576. The Morgan fingerprint density at radius 2 is 2.00 bits per heavy atom. The van der Waals surface area contributed by atoms with Crippen molar-refractivity contribution in [3.05, 3.63) is 22.7 Å². The summed E-state index contributed by atoms with van der Waals surface area (Å²) in [7, 11) is 0. The topological polar surface area (TPSA) is 47.6 Å². The van der Waals surface area contributed by atoms with Gasteiger partial charge in [0.25, 0.3) is 0 Å². The van der Waals surface area contributed by atoms with Crippen LogP contribution in [-0.2, 0) is 11.2 Å². The average Bonchev–Trinajstić information content (AvgIpc) is 2.51. The van der Waals surface area contributed by atoms with E-state index in [1.165, 1.54) is 0 Å². The molecule has 1 aromatic rings. The lowest BCUT2D eigenvalue weighted by Gasteiger charge is -2.20. The Labute approximate surface area is 124 Å². The molecule has 0 bridgehead atoms. The first-order valence-corrected chi connectivity index (χ1v) is 7.12. The molecule has 0 aromatic heterocycles. The van der Waals surface area contributed by atoms with Crippen molar-refractivity contribution in [3.63, 3.8) is 0 Å². The number of ether oxygens (including phenoxy) is 2. The van der Waals surface area contributed by atoms with E-state index in [1.54, 1.807) is 6.07 Å². The molecule has 1 N–H and O–H groups in total. The maximum atomic E-state index is 11.9. The highest BCUT2D eigenvalue weighted by Gasteiger charge is 2.18. The SMILES string of the molecule is CC(C)(C)NC(=O)Cc1cc(Cl)c2c(c1)OCCCO2. The largest absolute Gasteiger partial charge is 0.489 e. The number of halogens is 1. The summed E-state index contributed by atoms with van der Waals surface area (Å²) in [6.45, 7) is 7.04. The first kappa shape index (κ1) is 15.0. The lowest BCUT2D eigenvalue weighted by Crippen LogP contribution is -2.41. The van der Waals surface area contributed by atoms with Crippen LogP contribution in [0.1, 0.15) is 32.8 Å². The number of hydrogen-bond acceptors (Lipinski definition) is 3. The third-order valence-electron chi connectivity index (χ3n) is 2.74. The van der Waals surface area contributed by atoms with E-state index in [2.05, 4.69) is 5.32 Å². The molecule has 4 nitrogen and oxygen atoms in total. The minimum atomic E-state index is -0.244. The van der Waals surface area contributed by atoms with E-state index in [4.69, 9.17) is 21.1 Å². The van der Waals surface area contributed by atoms with Crippen molar-refractivity contribution in [2.45, 2.75) is 39.2 Å². The molecule has 110 valence electrons. The summed E-state index contributed by atoms with van der Waals surface area (Å²) >= 11 is 6.20. The van der Waals surface area contributed by atoms with Crippen LogP contribution in [0.2, 0.25) is 5.02 Å². The molecule has 1 amide bonds. The fraction of sp³-hybridized carbons (Fsp3) is 0.533. The number of benzene rings is 1. The Balaban J connectivity index is 2.15. The Morgan fingerprint density at radius 1 is 1.30 bits per heavy atom. The van der Waals surface area contributed by atoms with Crippen LogP contribution in [0.5, 0.6) is 11.5 Å². The Bertz CT molecular complexity index is 509. The summed E-state index contributed by atoms with van der Waals surface area (Å²) in [5.74, 6) is 1.15. The van der Waals surface area contributed by atoms with Crippen molar-refractivity contribution in [3.8, 4) is 11.5 Å².